The average Bonchev–Trinajstić information content (AvgIpc) is 2.64. The number of benzene rings is 1. The number of ether oxygens (including phenoxy) is 1. The summed E-state index contributed by atoms with van der Waals surface area (Å²) in [4.78, 5) is 6.73. The van der Waals surface area contributed by atoms with Crippen molar-refractivity contribution in [3.63, 3.8) is 0 Å². The van der Waals surface area contributed by atoms with Gasteiger partial charge in [0.05, 0.1) is 12.7 Å². The van der Waals surface area contributed by atoms with Gasteiger partial charge in [0, 0.05) is 55.0 Å². The van der Waals surface area contributed by atoms with E-state index in [0.717, 1.165) is 43.8 Å². The van der Waals surface area contributed by atoms with Gasteiger partial charge in [0.25, 0.3) is 0 Å². The molecule has 1 aliphatic heterocycles. The molecule has 1 aliphatic carbocycles. The number of methoxy groups -OCH3 is 1. The van der Waals surface area contributed by atoms with E-state index in [0.29, 0.717) is 0 Å². The Labute approximate surface area is 149 Å². The van der Waals surface area contributed by atoms with Gasteiger partial charge in [-0.3, -0.25) is 9.88 Å². The van der Waals surface area contributed by atoms with Crippen LogP contribution in [-0.2, 0) is 12.1 Å². The molecule has 2 aliphatic rings. The first-order valence-electron chi connectivity index (χ1n) is 9.19. The van der Waals surface area contributed by atoms with Gasteiger partial charge in [0.2, 0.25) is 0 Å². The lowest BCUT2D eigenvalue weighted by Crippen LogP contribution is -2.57. The zero-order valence-corrected chi connectivity index (χ0v) is 14.8. The van der Waals surface area contributed by atoms with E-state index in [1.54, 1.807) is 13.3 Å². The van der Waals surface area contributed by atoms with Crippen molar-refractivity contribution in [2.24, 2.45) is 11.8 Å². The molecule has 132 valence electrons. The van der Waals surface area contributed by atoms with E-state index in [2.05, 4.69) is 22.0 Å². The van der Waals surface area contributed by atoms with Gasteiger partial charge in [0.15, 0.2) is 0 Å². The molecule has 2 atom stereocenters. The van der Waals surface area contributed by atoms with E-state index in [9.17, 15) is 5.11 Å². The third kappa shape index (κ3) is 2.94. The molecule has 4 nitrogen and oxygen atoms in total. The highest BCUT2D eigenvalue weighted by atomic mass is 16.5. The van der Waals surface area contributed by atoms with Crippen LogP contribution in [0.3, 0.4) is 0 Å². The molecule has 2 heterocycles. The van der Waals surface area contributed by atoms with E-state index in [4.69, 9.17) is 4.74 Å². The number of rotatable bonds is 4. The third-order valence-electron chi connectivity index (χ3n) is 6.02. The van der Waals surface area contributed by atoms with E-state index >= 15 is 0 Å². The normalized spacial score (nSPS) is 29.4. The summed E-state index contributed by atoms with van der Waals surface area (Å²) in [5.74, 6) is 1.47. The Morgan fingerprint density at radius 3 is 2.60 bits per heavy atom. The Morgan fingerprint density at radius 1 is 1.16 bits per heavy atom. The Balaban J connectivity index is 1.57. The fraction of sp³-hybridized carbons (Fsp3) is 0.476. The number of piperidine rings is 1. The zero-order valence-electron chi connectivity index (χ0n) is 14.8. The number of aromatic nitrogens is 1. The van der Waals surface area contributed by atoms with Crippen molar-refractivity contribution in [3.8, 4) is 5.75 Å². The highest BCUT2D eigenvalue weighted by Gasteiger charge is 2.51. The van der Waals surface area contributed by atoms with Crippen molar-refractivity contribution in [1.29, 1.82) is 0 Å². The number of hydrogen-bond acceptors (Lipinski definition) is 4. The summed E-state index contributed by atoms with van der Waals surface area (Å²) in [6.45, 7) is 2.71. The molecule has 4 heteroatoms. The van der Waals surface area contributed by atoms with Crippen LogP contribution in [0, 0.1) is 11.8 Å². The van der Waals surface area contributed by atoms with Crippen LogP contribution < -0.4 is 4.74 Å². The van der Waals surface area contributed by atoms with Crippen LogP contribution in [0.2, 0.25) is 0 Å². The molecule has 2 fully saturated rings. The van der Waals surface area contributed by atoms with Gasteiger partial charge >= 0.3 is 0 Å². The molecule has 1 aromatic heterocycles. The molecule has 0 amide bonds. The van der Waals surface area contributed by atoms with Crippen LogP contribution in [-0.4, -0.2) is 35.2 Å². The van der Waals surface area contributed by atoms with Gasteiger partial charge in [-0.1, -0.05) is 30.7 Å². The highest BCUT2D eigenvalue weighted by Crippen LogP contribution is 2.49. The monoisotopic (exact) mass is 338 g/mol. The summed E-state index contributed by atoms with van der Waals surface area (Å²) in [5.41, 5.74) is 1.47. The van der Waals surface area contributed by atoms with E-state index in [-0.39, 0.29) is 11.8 Å². The number of pyridine rings is 1. The molecule has 2 bridgehead atoms. The number of para-hydroxylation sites is 1. The molecular weight excluding hydrogens is 312 g/mol. The lowest BCUT2D eigenvalue weighted by Gasteiger charge is -2.53. The first kappa shape index (κ1) is 16.6. The van der Waals surface area contributed by atoms with Crippen molar-refractivity contribution in [2.75, 3.05) is 20.2 Å². The van der Waals surface area contributed by atoms with Gasteiger partial charge in [-0.25, -0.2) is 0 Å². The SMILES string of the molecule is COc1ccccc1CN1CC2CCCC(C1)C2(O)c1cccnc1. The Hall–Kier alpha value is -1.91. The minimum atomic E-state index is -0.732. The van der Waals surface area contributed by atoms with Crippen LogP contribution in [0.15, 0.2) is 48.8 Å². The summed E-state index contributed by atoms with van der Waals surface area (Å²) in [6.07, 6.45) is 6.98. The molecular formula is C21H26N2O2. The maximum absolute atomic E-state index is 11.6. The summed E-state index contributed by atoms with van der Waals surface area (Å²) < 4.78 is 5.51. The predicted molar refractivity (Wildman–Crippen MR) is 97.2 cm³/mol. The zero-order chi connectivity index (χ0) is 17.3. The molecule has 1 saturated carbocycles. The topological polar surface area (TPSA) is 45.6 Å². The Morgan fingerprint density at radius 2 is 1.92 bits per heavy atom. The second-order valence-corrected chi connectivity index (χ2v) is 7.40. The number of aliphatic hydroxyl groups is 1. The quantitative estimate of drug-likeness (QED) is 0.930. The predicted octanol–water partition coefficient (Wildman–Crippen LogP) is 3.21. The number of likely N-dealkylation sites (tertiary alicyclic amines) is 1. The lowest BCUT2D eigenvalue weighted by molar-refractivity contribution is -0.148. The van der Waals surface area contributed by atoms with E-state index < -0.39 is 5.60 Å². The molecule has 0 radical (unpaired) electrons. The maximum Gasteiger partial charge on any atom is 0.123 e. The minimum absolute atomic E-state index is 0.263. The second-order valence-electron chi connectivity index (χ2n) is 7.40. The Bertz CT molecular complexity index is 705. The average molecular weight is 338 g/mol. The van der Waals surface area contributed by atoms with E-state index in [1.807, 2.05) is 30.5 Å². The van der Waals surface area contributed by atoms with Crippen molar-refractivity contribution in [1.82, 2.24) is 9.88 Å². The van der Waals surface area contributed by atoms with Gasteiger partial charge in [0.1, 0.15) is 5.75 Å². The molecule has 1 saturated heterocycles. The molecule has 2 unspecified atom stereocenters. The minimum Gasteiger partial charge on any atom is -0.496 e. The van der Waals surface area contributed by atoms with Crippen LogP contribution in [0.25, 0.3) is 0 Å². The van der Waals surface area contributed by atoms with Gasteiger partial charge in [-0.15, -0.1) is 0 Å². The van der Waals surface area contributed by atoms with Gasteiger partial charge < -0.3 is 9.84 Å². The van der Waals surface area contributed by atoms with Crippen molar-refractivity contribution >= 4 is 0 Å². The second kappa shape index (κ2) is 6.77. The largest absolute Gasteiger partial charge is 0.496 e. The van der Waals surface area contributed by atoms with E-state index in [1.165, 1.54) is 12.0 Å². The molecule has 1 aromatic carbocycles. The number of hydrogen-bond donors (Lipinski definition) is 1. The third-order valence-corrected chi connectivity index (χ3v) is 6.02. The lowest BCUT2D eigenvalue weighted by atomic mass is 9.63. The molecule has 1 N–H and O–H groups in total. The van der Waals surface area contributed by atoms with Crippen molar-refractivity contribution in [2.45, 2.75) is 31.4 Å². The smallest absolute Gasteiger partial charge is 0.123 e. The molecule has 25 heavy (non-hydrogen) atoms. The van der Waals surface area contributed by atoms with Crippen LogP contribution in [0.4, 0.5) is 0 Å². The first-order valence-corrected chi connectivity index (χ1v) is 9.19. The Kier molecular flexibility index (Phi) is 4.48. The van der Waals surface area contributed by atoms with Gasteiger partial charge in [-0.05, 0) is 25.0 Å². The van der Waals surface area contributed by atoms with Crippen LogP contribution >= 0.6 is 0 Å². The summed E-state index contributed by atoms with van der Waals surface area (Å²) >= 11 is 0. The molecule has 2 aromatic rings. The standard InChI is InChI=1S/C21H26N2O2/c1-25-20-10-3-2-6-16(20)13-23-14-18-7-4-8-19(15-23)21(18,24)17-9-5-11-22-12-17/h2-3,5-6,9-12,18-19,24H,4,7-8,13-15H2,1H3. The molecule has 0 spiro atoms. The fourth-order valence-corrected chi connectivity index (χ4v) is 4.82. The summed E-state index contributed by atoms with van der Waals surface area (Å²) in [7, 11) is 1.73. The maximum atomic E-state index is 11.6. The number of fused-ring (bicyclic) bond motifs is 2. The number of nitrogens with zero attached hydrogens (tertiary/aromatic N) is 2. The fourth-order valence-electron chi connectivity index (χ4n) is 4.82. The van der Waals surface area contributed by atoms with Gasteiger partial charge in [-0.2, -0.15) is 0 Å². The molecule has 4 rings (SSSR count). The first-order chi connectivity index (χ1) is 12.2. The summed E-state index contributed by atoms with van der Waals surface area (Å²) in [6, 6.07) is 12.2. The van der Waals surface area contributed by atoms with Crippen molar-refractivity contribution < 1.29 is 9.84 Å². The van der Waals surface area contributed by atoms with Crippen LogP contribution in [0.5, 0.6) is 5.75 Å². The van der Waals surface area contributed by atoms with Crippen LogP contribution in [0.1, 0.15) is 30.4 Å². The highest BCUT2D eigenvalue weighted by molar-refractivity contribution is 5.33. The van der Waals surface area contributed by atoms with Crippen molar-refractivity contribution in [3.05, 3.63) is 59.9 Å². The summed E-state index contributed by atoms with van der Waals surface area (Å²) in [5, 5.41) is 11.6.